The first-order valence-corrected chi connectivity index (χ1v) is 5.49. The fourth-order valence-electron chi connectivity index (χ4n) is 1.72. The monoisotopic (exact) mass is 221 g/mol. The summed E-state index contributed by atoms with van der Waals surface area (Å²) in [5, 5.41) is 9.06. The maximum Gasteiger partial charge on any atom is 0.312 e. The summed E-state index contributed by atoms with van der Waals surface area (Å²) < 4.78 is 0. The minimum absolute atomic E-state index is 0.367. The van der Waals surface area contributed by atoms with Gasteiger partial charge in [-0.1, -0.05) is 6.92 Å². The lowest BCUT2D eigenvalue weighted by Crippen LogP contribution is -2.14. The zero-order valence-corrected chi connectivity index (χ0v) is 9.18. The Morgan fingerprint density at radius 2 is 2.31 bits per heavy atom. The second-order valence-electron chi connectivity index (χ2n) is 4.15. The molecule has 0 radical (unpaired) electrons. The Bertz CT molecular complexity index is 416. The topological polar surface area (TPSA) is 89.1 Å². The molecule has 0 aromatic carbocycles. The van der Waals surface area contributed by atoms with Crippen LogP contribution in [0.5, 0.6) is 0 Å². The number of rotatable bonds is 4. The van der Waals surface area contributed by atoms with E-state index in [-0.39, 0.29) is 0 Å². The summed E-state index contributed by atoms with van der Waals surface area (Å²) in [6.45, 7) is 1.83. The molecule has 2 rings (SSSR count). The summed E-state index contributed by atoms with van der Waals surface area (Å²) in [7, 11) is 0. The molecular weight excluding hydrogens is 206 g/mol. The predicted octanol–water partition coefficient (Wildman–Crippen LogP) is 1.51. The van der Waals surface area contributed by atoms with Crippen molar-refractivity contribution in [3.8, 4) is 0 Å². The number of carboxylic acids is 1. The Morgan fingerprint density at radius 1 is 1.62 bits per heavy atom. The highest BCUT2D eigenvalue weighted by Crippen LogP contribution is 2.38. The number of carbonyl (C=O) groups is 1. The molecule has 0 amide bonds. The van der Waals surface area contributed by atoms with Crippen LogP contribution in [0.4, 0.5) is 5.82 Å². The Morgan fingerprint density at radius 3 is 2.81 bits per heavy atom. The van der Waals surface area contributed by atoms with Crippen LogP contribution in [-0.2, 0) is 4.79 Å². The molecule has 1 aromatic heterocycles. The van der Waals surface area contributed by atoms with Gasteiger partial charge in [-0.25, -0.2) is 9.97 Å². The van der Waals surface area contributed by atoms with Crippen LogP contribution in [0.15, 0.2) is 6.07 Å². The lowest BCUT2D eigenvalue weighted by molar-refractivity contribution is -0.138. The van der Waals surface area contributed by atoms with Crippen molar-refractivity contribution in [3.63, 3.8) is 0 Å². The van der Waals surface area contributed by atoms with E-state index in [9.17, 15) is 4.79 Å². The van der Waals surface area contributed by atoms with Crippen molar-refractivity contribution in [2.45, 2.75) is 38.0 Å². The highest BCUT2D eigenvalue weighted by Gasteiger charge is 2.29. The third-order valence-electron chi connectivity index (χ3n) is 2.79. The molecule has 1 aliphatic carbocycles. The maximum absolute atomic E-state index is 11.0. The molecule has 1 heterocycles. The van der Waals surface area contributed by atoms with Crippen LogP contribution in [0.1, 0.15) is 49.5 Å². The first-order valence-electron chi connectivity index (χ1n) is 5.49. The van der Waals surface area contributed by atoms with Gasteiger partial charge in [0.15, 0.2) is 0 Å². The van der Waals surface area contributed by atoms with Crippen molar-refractivity contribution in [1.29, 1.82) is 0 Å². The Hall–Kier alpha value is -1.65. The van der Waals surface area contributed by atoms with Crippen molar-refractivity contribution in [1.82, 2.24) is 9.97 Å². The molecule has 0 spiro atoms. The van der Waals surface area contributed by atoms with Crippen molar-refractivity contribution < 1.29 is 9.90 Å². The van der Waals surface area contributed by atoms with Gasteiger partial charge >= 0.3 is 5.97 Å². The Kier molecular flexibility index (Phi) is 2.77. The standard InChI is InChI=1S/C11H15N3O2/c1-2-7(11(15)16)8-5-9(12)14-10(13-8)6-3-4-6/h5-7H,2-4H2,1H3,(H,15,16)(H2,12,13,14). The fourth-order valence-corrected chi connectivity index (χ4v) is 1.72. The average Bonchev–Trinajstić information content (AvgIpc) is 3.00. The third kappa shape index (κ3) is 2.13. The minimum Gasteiger partial charge on any atom is -0.481 e. The van der Waals surface area contributed by atoms with E-state index in [1.807, 2.05) is 6.92 Å². The number of aromatic nitrogens is 2. The Balaban J connectivity index is 2.35. The van der Waals surface area contributed by atoms with Gasteiger partial charge in [-0.2, -0.15) is 0 Å². The smallest absolute Gasteiger partial charge is 0.312 e. The molecule has 1 aliphatic rings. The second kappa shape index (κ2) is 4.08. The highest BCUT2D eigenvalue weighted by molar-refractivity contribution is 5.75. The minimum atomic E-state index is -0.859. The summed E-state index contributed by atoms with van der Waals surface area (Å²) in [5.41, 5.74) is 6.21. The van der Waals surface area contributed by atoms with Gasteiger partial charge in [-0.15, -0.1) is 0 Å². The number of anilines is 1. The fraction of sp³-hybridized carbons (Fsp3) is 0.545. The number of aliphatic carboxylic acids is 1. The quantitative estimate of drug-likeness (QED) is 0.804. The largest absolute Gasteiger partial charge is 0.481 e. The number of hydrogen-bond donors (Lipinski definition) is 2. The van der Waals surface area contributed by atoms with Gasteiger partial charge in [0.25, 0.3) is 0 Å². The van der Waals surface area contributed by atoms with Gasteiger partial charge in [-0.3, -0.25) is 4.79 Å². The van der Waals surface area contributed by atoms with Crippen molar-refractivity contribution >= 4 is 11.8 Å². The summed E-state index contributed by atoms with van der Waals surface area (Å²) in [5.74, 6) is 0.0139. The molecule has 3 N–H and O–H groups in total. The lowest BCUT2D eigenvalue weighted by atomic mass is 10.0. The van der Waals surface area contributed by atoms with Gasteiger partial charge < -0.3 is 10.8 Å². The Labute approximate surface area is 93.7 Å². The molecule has 5 heteroatoms. The van der Waals surface area contributed by atoms with Crippen molar-refractivity contribution in [3.05, 3.63) is 17.6 Å². The summed E-state index contributed by atoms with van der Waals surface area (Å²) >= 11 is 0. The molecule has 1 saturated carbocycles. The SMILES string of the molecule is CCC(C(=O)O)c1cc(N)nc(C2CC2)n1. The van der Waals surface area contributed by atoms with E-state index in [2.05, 4.69) is 9.97 Å². The van der Waals surface area contributed by atoms with E-state index in [4.69, 9.17) is 10.8 Å². The van der Waals surface area contributed by atoms with E-state index in [0.717, 1.165) is 12.8 Å². The number of nitrogens with zero attached hydrogens (tertiary/aromatic N) is 2. The van der Waals surface area contributed by atoms with E-state index >= 15 is 0 Å². The van der Waals surface area contributed by atoms with Crippen LogP contribution >= 0.6 is 0 Å². The van der Waals surface area contributed by atoms with Gasteiger partial charge in [0.2, 0.25) is 0 Å². The number of nitrogen functional groups attached to an aromatic ring is 1. The molecule has 0 aliphatic heterocycles. The first-order chi connectivity index (χ1) is 7.61. The summed E-state index contributed by atoms with van der Waals surface area (Å²) in [4.78, 5) is 19.5. The van der Waals surface area contributed by atoms with Crippen LogP contribution in [0.3, 0.4) is 0 Å². The van der Waals surface area contributed by atoms with E-state index in [1.165, 1.54) is 0 Å². The van der Waals surface area contributed by atoms with E-state index in [0.29, 0.717) is 29.7 Å². The first kappa shape index (κ1) is 10.9. The van der Waals surface area contributed by atoms with Gasteiger partial charge in [-0.05, 0) is 19.3 Å². The van der Waals surface area contributed by atoms with Crippen LogP contribution in [0.25, 0.3) is 0 Å². The van der Waals surface area contributed by atoms with E-state index in [1.54, 1.807) is 6.07 Å². The lowest BCUT2D eigenvalue weighted by Gasteiger charge is -2.10. The zero-order chi connectivity index (χ0) is 11.7. The predicted molar refractivity (Wildman–Crippen MR) is 59.1 cm³/mol. The maximum atomic E-state index is 11.0. The zero-order valence-electron chi connectivity index (χ0n) is 9.18. The van der Waals surface area contributed by atoms with Crippen LogP contribution < -0.4 is 5.73 Å². The average molecular weight is 221 g/mol. The van der Waals surface area contributed by atoms with Gasteiger partial charge in [0, 0.05) is 12.0 Å². The molecule has 5 nitrogen and oxygen atoms in total. The highest BCUT2D eigenvalue weighted by atomic mass is 16.4. The number of nitrogens with two attached hydrogens (primary N) is 1. The van der Waals surface area contributed by atoms with Gasteiger partial charge in [0.05, 0.1) is 11.6 Å². The summed E-state index contributed by atoms with van der Waals surface area (Å²) in [6, 6.07) is 1.56. The molecule has 0 bridgehead atoms. The number of hydrogen-bond acceptors (Lipinski definition) is 4. The molecular formula is C11H15N3O2. The molecule has 1 fully saturated rings. The summed E-state index contributed by atoms with van der Waals surface area (Å²) in [6.07, 6.45) is 2.66. The molecule has 1 atom stereocenters. The van der Waals surface area contributed by atoms with Crippen molar-refractivity contribution in [2.24, 2.45) is 0 Å². The molecule has 16 heavy (non-hydrogen) atoms. The van der Waals surface area contributed by atoms with Crippen molar-refractivity contribution in [2.75, 3.05) is 5.73 Å². The third-order valence-corrected chi connectivity index (χ3v) is 2.79. The second-order valence-corrected chi connectivity index (χ2v) is 4.15. The van der Waals surface area contributed by atoms with Gasteiger partial charge in [0.1, 0.15) is 11.6 Å². The molecule has 0 saturated heterocycles. The number of carboxylic acid groups (broad SMARTS) is 1. The van der Waals surface area contributed by atoms with Crippen LogP contribution in [0.2, 0.25) is 0 Å². The molecule has 86 valence electrons. The van der Waals surface area contributed by atoms with E-state index < -0.39 is 11.9 Å². The normalized spacial score (nSPS) is 17.1. The molecule has 1 unspecified atom stereocenters. The van der Waals surface area contributed by atoms with Crippen LogP contribution in [0, 0.1) is 0 Å². The van der Waals surface area contributed by atoms with Crippen LogP contribution in [-0.4, -0.2) is 21.0 Å². The molecule has 1 aromatic rings.